The minimum atomic E-state index is 0.963. The fraction of sp³-hybridized carbons (Fsp3) is 1.00. The second-order valence-corrected chi connectivity index (χ2v) is 2.79. The van der Waals surface area contributed by atoms with Gasteiger partial charge in [-0.3, -0.25) is 0 Å². The van der Waals surface area contributed by atoms with Gasteiger partial charge in [0.1, 0.15) is 14.6 Å². The van der Waals surface area contributed by atoms with Crippen molar-refractivity contribution in [1.82, 2.24) is 5.32 Å². The molecule has 1 unspecified atom stereocenters. The van der Waals surface area contributed by atoms with E-state index in [1.807, 2.05) is 0 Å². The lowest BCUT2D eigenvalue weighted by molar-refractivity contribution is 0.923. The molecule has 1 atom stereocenters. The van der Waals surface area contributed by atoms with E-state index in [1.54, 1.807) is 0 Å². The normalized spacial score (nSPS) is 29.9. The highest BCUT2D eigenvalue weighted by atomic mass is 14.8. The Balaban J connectivity index is 2.17. The van der Waals surface area contributed by atoms with Gasteiger partial charge in [-0.15, -0.1) is 0 Å². The quantitative estimate of drug-likeness (QED) is 0.417. The molecule has 1 N–H and O–H groups in total. The summed E-state index contributed by atoms with van der Waals surface area (Å²) in [5.41, 5.74) is 0. The lowest BCUT2D eigenvalue weighted by Crippen LogP contribution is -2.20. The number of hydrogen-bond acceptors (Lipinski definition) is 1. The Hall–Kier alpha value is 0.0899. The Kier molecular flexibility index (Phi) is 2.47. The molecule has 44 valence electrons. The van der Waals surface area contributed by atoms with Crippen LogP contribution in [-0.4, -0.2) is 27.4 Å². The second kappa shape index (κ2) is 3.18. The summed E-state index contributed by atoms with van der Waals surface area (Å²) in [6.07, 6.45) is 3.90. The van der Waals surface area contributed by atoms with Crippen molar-refractivity contribution in [3.63, 3.8) is 0 Å². The molecule has 3 heteroatoms. The zero-order valence-electron chi connectivity index (χ0n) is 5.61. The van der Waals surface area contributed by atoms with E-state index < -0.39 is 0 Å². The third-order valence-corrected chi connectivity index (χ3v) is 1.86. The van der Waals surface area contributed by atoms with E-state index in [-0.39, 0.29) is 0 Å². The smallest absolute Gasteiger partial charge is 0.140 e. The largest absolute Gasteiger partial charge is 0.332 e. The van der Waals surface area contributed by atoms with Gasteiger partial charge in [-0.2, -0.15) is 0 Å². The summed E-state index contributed by atoms with van der Waals surface area (Å²) in [6, 6.07) is 0. The maximum Gasteiger partial charge on any atom is 0.140 e. The highest BCUT2D eigenvalue weighted by Gasteiger charge is 2.07. The van der Waals surface area contributed by atoms with Crippen LogP contribution in [0.3, 0.4) is 0 Å². The molecule has 0 aromatic rings. The fourth-order valence-corrected chi connectivity index (χ4v) is 1.19. The van der Waals surface area contributed by atoms with Gasteiger partial charge in [0, 0.05) is 0 Å². The van der Waals surface area contributed by atoms with Gasteiger partial charge in [-0.25, -0.2) is 0 Å². The SMILES string of the molecule is CC1BCNCBC1. The third-order valence-electron chi connectivity index (χ3n) is 1.86. The van der Waals surface area contributed by atoms with Gasteiger partial charge < -0.3 is 5.32 Å². The van der Waals surface area contributed by atoms with Crippen LogP contribution in [0.2, 0.25) is 12.1 Å². The van der Waals surface area contributed by atoms with E-state index in [2.05, 4.69) is 12.2 Å². The van der Waals surface area contributed by atoms with Crippen molar-refractivity contribution in [2.24, 2.45) is 0 Å². The molecule has 1 aliphatic heterocycles. The first-order valence-electron chi connectivity index (χ1n) is 3.60. The van der Waals surface area contributed by atoms with Crippen molar-refractivity contribution in [3.05, 3.63) is 0 Å². The predicted molar refractivity (Wildman–Crippen MR) is 41.4 cm³/mol. The minimum Gasteiger partial charge on any atom is -0.332 e. The third kappa shape index (κ3) is 1.91. The summed E-state index contributed by atoms with van der Waals surface area (Å²) >= 11 is 0. The van der Waals surface area contributed by atoms with Crippen molar-refractivity contribution in [2.45, 2.75) is 19.1 Å². The summed E-state index contributed by atoms with van der Waals surface area (Å²) in [6.45, 7) is 2.34. The lowest BCUT2D eigenvalue weighted by Gasteiger charge is -2.00. The zero-order chi connectivity index (χ0) is 5.82. The highest BCUT2D eigenvalue weighted by Crippen LogP contribution is 2.07. The van der Waals surface area contributed by atoms with Crippen LogP contribution in [0, 0.1) is 0 Å². The number of hydrogen-bond donors (Lipinski definition) is 1. The molecule has 0 saturated carbocycles. The summed E-state index contributed by atoms with van der Waals surface area (Å²) in [7, 11) is 2.75. The molecule has 0 aromatic carbocycles. The molecule has 1 saturated heterocycles. The summed E-state index contributed by atoms with van der Waals surface area (Å²) in [5.74, 6) is 0.963. The molecule has 0 spiro atoms. The molecule has 0 amide bonds. The van der Waals surface area contributed by atoms with E-state index in [0.717, 1.165) is 5.82 Å². The van der Waals surface area contributed by atoms with Gasteiger partial charge >= 0.3 is 0 Å². The zero-order valence-corrected chi connectivity index (χ0v) is 5.61. The topological polar surface area (TPSA) is 12.0 Å². The van der Waals surface area contributed by atoms with Crippen molar-refractivity contribution >= 4 is 14.6 Å². The first-order chi connectivity index (χ1) is 3.89. The monoisotopic (exact) mass is 109 g/mol. The Morgan fingerprint density at radius 2 is 2.38 bits per heavy atom. The maximum absolute atomic E-state index is 3.38. The van der Waals surface area contributed by atoms with Gasteiger partial charge in [-0.05, 0) is 12.9 Å². The lowest BCUT2D eigenvalue weighted by atomic mass is 9.58. The Morgan fingerprint density at radius 3 is 3.25 bits per heavy atom. The van der Waals surface area contributed by atoms with Crippen LogP contribution in [-0.2, 0) is 0 Å². The molecule has 1 fully saturated rings. The Bertz CT molecular complexity index is 59.4. The average Bonchev–Trinajstić information content (AvgIpc) is 1.94. The predicted octanol–water partition coefficient (Wildman–Crippen LogP) is -0.396. The molecule has 0 aromatic heterocycles. The summed E-state index contributed by atoms with van der Waals surface area (Å²) < 4.78 is 0. The molecule has 1 heterocycles. The van der Waals surface area contributed by atoms with E-state index in [1.165, 1.54) is 33.8 Å². The first kappa shape index (κ1) is 6.21. The second-order valence-electron chi connectivity index (χ2n) is 2.79. The summed E-state index contributed by atoms with van der Waals surface area (Å²) in [5, 5.41) is 3.38. The van der Waals surface area contributed by atoms with Crippen LogP contribution in [0.5, 0.6) is 0 Å². The molecule has 0 aliphatic carbocycles. The number of rotatable bonds is 0. The molecule has 1 nitrogen and oxygen atoms in total. The highest BCUT2D eigenvalue weighted by molar-refractivity contribution is 6.45. The Morgan fingerprint density at radius 1 is 1.50 bits per heavy atom. The standard InChI is InChI=1S/C5H13B2N/c1-5-2-6-3-8-4-7-5/h5-8H,2-4H2,1H3. The minimum absolute atomic E-state index is 0.963. The van der Waals surface area contributed by atoms with Crippen molar-refractivity contribution in [2.75, 3.05) is 12.9 Å². The molecular formula is C5H13B2N. The van der Waals surface area contributed by atoms with Crippen LogP contribution in [0.25, 0.3) is 0 Å². The van der Waals surface area contributed by atoms with E-state index >= 15 is 0 Å². The first-order valence-corrected chi connectivity index (χ1v) is 3.60. The van der Waals surface area contributed by atoms with Gasteiger partial charge in [0.05, 0.1) is 0 Å². The maximum atomic E-state index is 3.38. The molecule has 0 radical (unpaired) electrons. The van der Waals surface area contributed by atoms with Crippen molar-refractivity contribution < 1.29 is 0 Å². The van der Waals surface area contributed by atoms with Gasteiger partial charge in [0.15, 0.2) is 0 Å². The Labute approximate surface area is 52.7 Å². The van der Waals surface area contributed by atoms with Crippen LogP contribution < -0.4 is 5.32 Å². The molecule has 1 rings (SSSR count). The van der Waals surface area contributed by atoms with E-state index in [9.17, 15) is 0 Å². The molecular weight excluding hydrogens is 95.7 g/mol. The van der Waals surface area contributed by atoms with Gasteiger partial charge in [0.25, 0.3) is 0 Å². The van der Waals surface area contributed by atoms with Crippen LogP contribution in [0.4, 0.5) is 0 Å². The average molecular weight is 109 g/mol. The molecule has 8 heavy (non-hydrogen) atoms. The van der Waals surface area contributed by atoms with Crippen LogP contribution >= 0.6 is 0 Å². The van der Waals surface area contributed by atoms with Crippen molar-refractivity contribution in [1.29, 1.82) is 0 Å². The molecule has 0 bridgehead atoms. The number of nitrogens with one attached hydrogen (secondary N) is 1. The summed E-state index contributed by atoms with van der Waals surface area (Å²) in [4.78, 5) is 0. The van der Waals surface area contributed by atoms with Gasteiger partial charge in [-0.1, -0.05) is 19.1 Å². The van der Waals surface area contributed by atoms with Gasteiger partial charge in [0.2, 0.25) is 0 Å². The van der Waals surface area contributed by atoms with Crippen molar-refractivity contribution in [3.8, 4) is 0 Å². The van der Waals surface area contributed by atoms with E-state index in [0.29, 0.717) is 0 Å². The van der Waals surface area contributed by atoms with Crippen LogP contribution in [0.15, 0.2) is 0 Å². The van der Waals surface area contributed by atoms with Crippen LogP contribution in [0.1, 0.15) is 6.92 Å². The molecule has 1 aliphatic rings. The van der Waals surface area contributed by atoms with E-state index in [4.69, 9.17) is 0 Å². The fourth-order valence-electron chi connectivity index (χ4n) is 1.19.